The van der Waals surface area contributed by atoms with Crippen molar-refractivity contribution in [2.24, 2.45) is 0 Å². The molecule has 0 atom stereocenters. The van der Waals surface area contributed by atoms with Gasteiger partial charge < -0.3 is 15.0 Å². The molecule has 1 aliphatic heterocycles. The molecule has 4 aromatic rings. The predicted octanol–water partition coefficient (Wildman–Crippen LogP) is 4.61. The van der Waals surface area contributed by atoms with Gasteiger partial charge in [0.2, 0.25) is 5.95 Å². The quantitative estimate of drug-likeness (QED) is 0.350. The number of hydrogen-bond acceptors (Lipinski definition) is 9. The Morgan fingerprint density at radius 2 is 2.06 bits per heavy atom. The van der Waals surface area contributed by atoms with E-state index >= 15 is 0 Å². The number of carbonyl (C=O) groups is 1. The van der Waals surface area contributed by atoms with Gasteiger partial charge in [-0.1, -0.05) is 0 Å². The van der Waals surface area contributed by atoms with Gasteiger partial charge in [-0.15, -0.1) is 26.6 Å². The number of anilines is 3. The van der Waals surface area contributed by atoms with Gasteiger partial charge in [0.1, 0.15) is 21.8 Å². The summed E-state index contributed by atoms with van der Waals surface area (Å²) in [5.74, 6) is 3.70. The molecule has 1 saturated heterocycles. The van der Waals surface area contributed by atoms with Crippen LogP contribution >= 0.6 is 11.3 Å². The van der Waals surface area contributed by atoms with Crippen molar-refractivity contribution in [3.05, 3.63) is 40.1 Å². The molecular weight excluding hydrogens is 474 g/mol. The summed E-state index contributed by atoms with van der Waals surface area (Å²) in [4.78, 5) is 17.3. The Morgan fingerprint density at radius 3 is 2.78 bits per heavy atom. The normalized spacial score (nSPS) is 18.8. The molecule has 2 saturated carbocycles. The standard InChI is InChI=1S/C18H23N7.C7H8N2OS/c1-18(2)8-4-9-24(18)17-20-16(14-5-3-10-25(14)23-17)19-15-11-13(21-22-15)12-6-7-12;10-4-3-6-8-9-7(11-6)5-1-2-5/h3,5,10-12H,4,6-9H2,1-2H3,(H2,19,20,21,22,23);4-5H,1-3H2. The highest BCUT2D eigenvalue weighted by molar-refractivity contribution is 7.11. The molecule has 0 amide bonds. The van der Waals surface area contributed by atoms with Gasteiger partial charge in [0.15, 0.2) is 11.6 Å². The lowest BCUT2D eigenvalue weighted by Gasteiger charge is -2.31. The third-order valence-corrected chi connectivity index (χ3v) is 8.16. The summed E-state index contributed by atoms with van der Waals surface area (Å²) >= 11 is 1.57. The second-order valence-electron chi connectivity index (χ2n) is 10.5. The molecule has 0 aromatic carbocycles. The zero-order valence-electron chi connectivity index (χ0n) is 20.6. The number of carbonyl (C=O) groups excluding carboxylic acids is 1. The monoisotopic (exact) mass is 505 g/mol. The molecule has 5 heterocycles. The highest BCUT2D eigenvalue weighted by atomic mass is 32.1. The van der Waals surface area contributed by atoms with Crippen LogP contribution in [0.1, 0.15) is 79.9 Å². The van der Waals surface area contributed by atoms with E-state index in [2.05, 4.69) is 50.5 Å². The predicted molar refractivity (Wildman–Crippen MR) is 139 cm³/mol. The van der Waals surface area contributed by atoms with Gasteiger partial charge in [0.05, 0.1) is 6.42 Å². The molecule has 3 aliphatic rings. The second kappa shape index (κ2) is 9.27. The van der Waals surface area contributed by atoms with Crippen LogP contribution in [-0.2, 0) is 11.2 Å². The fourth-order valence-corrected chi connectivity index (χ4v) is 5.61. The number of fused-ring (bicyclic) bond motifs is 1. The van der Waals surface area contributed by atoms with Crippen LogP contribution in [0.5, 0.6) is 0 Å². The highest BCUT2D eigenvalue weighted by Gasteiger charge is 2.34. The number of aldehydes is 1. The van der Waals surface area contributed by atoms with E-state index in [9.17, 15) is 4.79 Å². The van der Waals surface area contributed by atoms with Crippen molar-refractivity contribution in [1.29, 1.82) is 0 Å². The van der Waals surface area contributed by atoms with Gasteiger partial charge in [0, 0.05) is 41.9 Å². The van der Waals surface area contributed by atoms with Crippen molar-refractivity contribution in [1.82, 2.24) is 35.0 Å². The Kier molecular flexibility index (Phi) is 5.94. The number of hydrogen-bond donors (Lipinski definition) is 2. The minimum Gasteiger partial charge on any atom is -0.334 e. The van der Waals surface area contributed by atoms with Crippen molar-refractivity contribution in [2.45, 2.75) is 76.2 Å². The van der Waals surface area contributed by atoms with Crippen LogP contribution in [0.4, 0.5) is 17.6 Å². The number of rotatable bonds is 7. The van der Waals surface area contributed by atoms with Crippen LogP contribution in [0.3, 0.4) is 0 Å². The summed E-state index contributed by atoms with van der Waals surface area (Å²) in [6, 6.07) is 6.11. The Labute approximate surface area is 213 Å². The number of H-pyrrole nitrogens is 1. The van der Waals surface area contributed by atoms with Crippen molar-refractivity contribution < 1.29 is 4.79 Å². The topological polar surface area (TPSA) is 117 Å². The molecule has 188 valence electrons. The average molecular weight is 506 g/mol. The van der Waals surface area contributed by atoms with Crippen molar-refractivity contribution >= 4 is 40.7 Å². The smallest absolute Gasteiger partial charge is 0.246 e. The number of nitrogens with zero attached hydrogens (tertiary/aromatic N) is 7. The van der Waals surface area contributed by atoms with Crippen LogP contribution < -0.4 is 10.2 Å². The maximum atomic E-state index is 10.1. The molecule has 11 heteroatoms. The Bertz CT molecular complexity index is 1360. The third kappa shape index (κ3) is 4.84. The maximum absolute atomic E-state index is 10.1. The van der Waals surface area contributed by atoms with E-state index in [0.29, 0.717) is 18.3 Å². The van der Waals surface area contributed by atoms with Gasteiger partial charge in [0.25, 0.3) is 0 Å². The van der Waals surface area contributed by atoms with Crippen molar-refractivity contribution in [2.75, 3.05) is 16.8 Å². The van der Waals surface area contributed by atoms with Gasteiger partial charge >= 0.3 is 0 Å². The van der Waals surface area contributed by atoms with Gasteiger partial charge in [-0.05, 0) is 64.5 Å². The van der Waals surface area contributed by atoms with Crippen LogP contribution in [0.25, 0.3) is 5.52 Å². The van der Waals surface area contributed by atoms with Crippen LogP contribution in [-0.4, -0.2) is 53.4 Å². The zero-order chi connectivity index (χ0) is 24.7. The van der Waals surface area contributed by atoms with E-state index in [4.69, 9.17) is 10.1 Å². The minimum atomic E-state index is 0.0869. The van der Waals surface area contributed by atoms with Crippen LogP contribution in [0.2, 0.25) is 0 Å². The van der Waals surface area contributed by atoms with Gasteiger partial charge in [-0.25, -0.2) is 4.52 Å². The number of aromatic amines is 1. The first-order valence-corrected chi connectivity index (χ1v) is 13.5. The Morgan fingerprint density at radius 1 is 1.22 bits per heavy atom. The molecule has 0 unspecified atom stereocenters. The molecule has 0 spiro atoms. The fraction of sp³-hybridized carbons (Fsp3) is 0.520. The lowest BCUT2D eigenvalue weighted by molar-refractivity contribution is -0.107. The van der Waals surface area contributed by atoms with E-state index in [0.717, 1.165) is 52.4 Å². The molecule has 2 N–H and O–H groups in total. The molecule has 10 nitrogen and oxygen atoms in total. The lowest BCUT2D eigenvalue weighted by Crippen LogP contribution is -2.39. The van der Waals surface area contributed by atoms with E-state index in [1.54, 1.807) is 11.3 Å². The molecule has 2 aliphatic carbocycles. The Balaban J connectivity index is 0.000000183. The fourth-order valence-electron chi connectivity index (χ4n) is 4.65. The van der Waals surface area contributed by atoms with Gasteiger partial charge in [-0.2, -0.15) is 10.1 Å². The van der Waals surface area contributed by atoms with E-state index < -0.39 is 0 Å². The molecule has 4 aromatic heterocycles. The Hall–Kier alpha value is -3.34. The molecule has 3 fully saturated rings. The summed E-state index contributed by atoms with van der Waals surface area (Å²) in [5.41, 5.74) is 2.25. The van der Waals surface area contributed by atoms with Crippen LogP contribution in [0.15, 0.2) is 24.4 Å². The molecule has 0 bridgehead atoms. The summed E-state index contributed by atoms with van der Waals surface area (Å²) < 4.78 is 1.90. The lowest BCUT2D eigenvalue weighted by atomic mass is 10.0. The second-order valence-corrected chi connectivity index (χ2v) is 11.5. The SMILES string of the molecule is CC1(C)CCCN1c1nc(Nc2cc(C3CC3)[nH]n2)c2cccn2n1.O=CCc1nnc(C2CC2)s1. The summed E-state index contributed by atoms with van der Waals surface area (Å²) in [6.45, 7) is 5.51. The molecular formula is C25H31N9OS. The maximum Gasteiger partial charge on any atom is 0.246 e. The first-order chi connectivity index (χ1) is 17.5. The summed E-state index contributed by atoms with van der Waals surface area (Å²) in [6.07, 6.45) is 10.6. The number of aromatic nitrogens is 7. The number of nitrogens with one attached hydrogen (secondary N) is 2. The zero-order valence-corrected chi connectivity index (χ0v) is 21.5. The van der Waals surface area contributed by atoms with Gasteiger partial charge in [-0.3, -0.25) is 5.10 Å². The highest BCUT2D eigenvalue weighted by Crippen LogP contribution is 2.41. The van der Waals surface area contributed by atoms with Crippen molar-refractivity contribution in [3.8, 4) is 0 Å². The first kappa shape index (κ1) is 23.1. The third-order valence-electron chi connectivity index (χ3n) is 7.05. The summed E-state index contributed by atoms with van der Waals surface area (Å²) in [7, 11) is 0. The van der Waals surface area contributed by atoms with Crippen LogP contribution in [0, 0.1) is 0 Å². The van der Waals surface area contributed by atoms with E-state index in [-0.39, 0.29) is 5.54 Å². The average Bonchev–Trinajstić information content (AvgIpc) is 3.68. The summed E-state index contributed by atoms with van der Waals surface area (Å²) in [5, 5.41) is 25.5. The van der Waals surface area contributed by atoms with E-state index in [1.807, 2.05) is 22.8 Å². The van der Waals surface area contributed by atoms with Crippen molar-refractivity contribution in [3.63, 3.8) is 0 Å². The minimum absolute atomic E-state index is 0.0869. The molecule has 36 heavy (non-hydrogen) atoms. The molecule has 0 radical (unpaired) electrons. The molecule has 7 rings (SSSR count). The van der Waals surface area contributed by atoms with E-state index in [1.165, 1.54) is 37.8 Å². The largest absolute Gasteiger partial charge is 0.334 e. The first-order valence-electron chi connectivity index (χ1n) is 12.7.